The number of nitrogens with zero attached hydrogens (tertiary/aromatic N) is 2. The Labute approximate surface area is 98.8 Å². The van der Waals surface area contributed by atoms with Crippen LogP contribution in [0.4, 0.5) is 5.69 Å². The molecule has 0 saturated carbocycles. The van der Waals surface area contributed by atoms with Crippen molar-refractivity contribution in [3.8, 4) is 5.75 Å². The van der Waals surface area contributed by atoms with E-state index < -0.39 is 14.9 Å². The molecule has 0 bridgehead atoms. The molecule has 0 unspecified atom stereocenters. The van der Waals surface area contributed by atoms with Crippen LogP contribution in [-0.2, 0) is 10.0 Å². The van der Waals surface area contributed by atoms with Crippen LogP contribution < -0.4 is 4.74 Å². The number of hydrogen-bond acceptors (Lipinski definition) is 5. The van der Waals surface area contributed by atoms with Gasteiger partial charge in [0.1, 0.15) is 0 Å². The summed E-state index contributed by atoms with van der Waals surface area (Å²) in [6, 6.07) is 3.42. The maximum absolute atomic E-state index is 11.8. The molecule has 0 amide bonds. The predicted molar refractivity (Wildman–Crippen MR) is 60.5 cm³/mol. The van der Waals surface area contributed by atoms with E-state index in [2.05, 4.69) is 0 Å². The van der Waals surface area contributed by atoms with Gasteiger partial charge in [-0.2, -0.15) is 0 Å². The zero-order chi connectivity index (χ0) is 13.2. The zero-order valence-electron chi connectivity index (χ0n) is 9.58. The summed E-state index contributed by atoms with van der Waals surface area (Å²) in [5.41, 5.74) is -0.273. The molecule has 0 spiro atoms. The molecule has 0 saturated heterocycles. The van der Waals surface area contributed by atoms with E-state index in [1.807, 2.05) is 0 Å². The van der Waals surface area contributed by atoms with Crippen molar-refractivity contribution in [2.75, 3.05) is 21.2 Å². The predicted octanol–water partition coefficient (Wildman–Crippen LogP) is 0.854. The smallest absolute Gasteiger partial charge is 0.310 e. The Morgan fingerprint density at radius 2 is 1.94 bits per heavy atom. The third kappa shape index (κ3) is 2.53. The lowest BCUT2D eigenvalue weighted by molar-refractivity contribution is -0.385. The number of rotatable bonds is 4. The first-order chi connectivity index (χ1) is 7.80. The van der Waals surface area contributed by atoms with Crippen LogP contribution in [0.5, 0.6) is 5.75 Å². The number of benzene rings is 1. The highest BCUT2D eigenvalue weighted by molar-refractivity contribution is 7.89. The summed E-state index contributed by atoms with van der Waals surface area (Å²) in [6.45, 7) is 0. The number of ether oxygens (including phenoxy) is 1. The van der Waals surface area contributed by atoms with Crippen LogP contribution in [0, 0.1) is 10.1 Å². The number of sulfonamides is 1. The highest BCUT2D eigenvalue weighted by atomic mass is 32.2. The van der Waals surface area contributed by atoms with Gasteiger partial charge in [0.15, 0.2) is 5.75 Å². The van der Waals surface area contributed by atoms with Crippen LogP contribution in [0.2, 0.25) is 0 Å². The van der Waals surface area contributed by atoms with Crippen molar-refractivity contribution in [2.45, 2.75) is 4.90 Å². The van der Waals surface area contributed by atoms with Gasteiger partial charge in [-0.25, -0.2) is 12.7 Å². The number of hydrogen-bond donors (Lipinski definition) is 0. The van der Waals surface area contributed by atoms with Gasteiger partial charge >= 0.3 is 5.69 Å². The van der Waals surface area contributed by atoms with Crippen LogP contribution in [0.25, 0.3) is 0 Å². The molecular formula is C9H12N2O5S. The molecule has 1 rings (SSSR count). The molecule has 0 aliphatic rings. The maximum atomic E-state index is 11.8. The van der Waals surface area contributed by atoms with Gasteiger partial charge in [0.25, 0.3) is 0 Å². The molecule has 0 atom stereocenters. The minimum Gasteiger partial charge on any atom is -0.490 e. The summed E-state index contributed by atoms with van der Waals surface area (Å²) in [5, 5.41) is 10.6. The lowest BCUT2D eigenvalue weighted by atomic mass is 10.3. The quantitative estimate of drug-likeness (QED) is 0.591. The molecule has 0 N–H and O–H groups in total. The molecule has 0 aromatic heterocycles. The molecular weight excluding hydrogens is 248 g/mol. The molecule has 7 nitrogen and oxygen atoms in total. The van der Waals surface area contributed by atoms with Crippen molar-refractivity contribution in [3.05, 3.63) is 28.3 Å². The van der Waals surface area contributed by atoms with Gasteiger partial charge in [0, 0.05) is 26.2 Å². The molecule has 8 heteroatoms. The average Bonchev–Trinajstić information content (AvgIpc) is 2.27. The van der Waals surface area contributed by atoms with Gasteiger partial charge in [0.2, 0.25) is 10.0 Å². The lowest BCUT2D eigenvalue weighted by Crippen LogP contribution is -2.22. The van der Waals surface area contributed by atoms with Gasteiger partial charge < -0.3 is 4.74 Å². The molecule has 0 aliphatic carbocycles. The molecule has 17 heavy (non-hydrogen) atoms. The molecule has 1 aromatic rings. The molecule has 94 valence electrons. The van der Waals surface area contributed by atoms with E-state index in [9.17, 15) is 18.5 Å². The number of methoxy groups -OCH3 is 1. The first-order valence-electron chi connectivity index (χ1n) is 4.55. The topological polar surface area (TPSA) is 89.8 Å². The van der Waals surface area contributed by atoms with Crippen LogP contribution in [0.15, 0.2) is 23.1 Å². The number of nitro benzene ring substituents is 1. The Morgan fingerprint density at radius 3 is 2.35 bits per heavy atom. The summed E-state index contributed by atoms with van der Waals surface area (Å²) < 4.78 is 29.4. The second kappa shape index (κ2) is 4.68. The molecule has 0 aliphatic heterocycles. The van der Waals surface area contributed by atoms with Crippen molar-refractivity contribution >= 4 is 15.7 Å². The van der Waals surface area contributed by atoms with Gasteiger partial charge in [-0.3, -0.25) is 10.1 Å². The average molecular weight is 260 g/mol. The third-order valence-corrected chi connectivity index (χ3v) is 3.94. The highest BCUT2D eigenvalue weighted by Crippen LogP contribution is 2.29. The van der Waals surface area contributed by atoms with E-state index >= 15 is 0 Å². The summed E-state index contributed by atoms with van der Waals surface area (Å²) >= 11 is 0. The minimum absolute atomic E-state index is 0.0510. The fraction of sp³-hybridized carbons (Fsp3) is 0.333. The highest BCUT2D eigenvalue weighted by Gasteiger charge is 2.22. The summed E-state index contributed by atoms with van der Waals surface area (Å²) in [4.78, 5) is 9.96. The molecule has 0 fully saturated rings. The summed E-state index contributed by atoms with van der Waals surface area (Å²) in [7, 11) is 0.380. The molecule has 0 radical (unpaired) electrons. The number of nitro groups is 1. The largest absolute Gasteiger partial charge is 0.490 e. The monoisotopic (exact) mass is 260 g/mol. The van der Waals surface area contributed by atoms with Crippen molar-refractivity contribution < 1.29 is 18.1 Å². The summed E-state index contributed by atoms with van der Waals surface area (Å²) in [5.74, 6) is -0.0853. The summed E-state index contributed by atoms with van der Waals surface area (Å²) in [6.07, 6.45) is 0. The van der Waals surface area contributed by atoms with E-state index in [0.717, 1.165) is 16.4 Å². The standard InChI is InChI=1S/C9H12N2O5S/c1-10(2)17(14,15)7-4-5-8(11(12)13)9(6-7)16-3/h4-6H,1-3H3. The first kappa shape index (κ1) is 13.4. The Hall–Kier alpha value is -1.67. The van der Waals surface area contributed by atoms with Crippen molar-refractivity contribution in [2.24, 2.45) is 0 Å². The SMILES string of the molecule is COc1cc(S(=O)(=O)N(C)C)ccc1[N+](=O)[O-]. The van der Waals surface area contributed by atoms with Gasteiger partial charge in [-0.15, -0.1) is 0 Å². The van der Waals surface area contributed by atoms with Crippen LogP contribution in [-0.4, -0.2) is 38.9 Å². The van der Waals surface area contributed by atoms with Crippen molar-refractivity contribution in [3.63, 3.8) is 0 Å². The van der Waals surface area contributed by atoms with Crippen molar-refractivity contribution in [1.82, 2.24) is 4.31 Å². The minimum atomic E-state index is -3.62. The van der Waals surface area contributed by atoms with Crippen LogP contribution in [0.3, 0.4) is 0 Å². The fourth-order valence-electron chi connectivity index (χ4n) is 1.18. The molecule has 1 aromatic carbocycles. The van der Waals surface area contributed by atoms with Crippen LogP contribution >= 0.6 is 0 Å². The first-order valence-corrected chi connectivity index (χ1v) is 5.99. The Bertz CT molecular complexity index is 538. The third-order valence-electron chi connectivity index (χ3n) is 2.13. The second-order valence-electron chi connectivity index (χ2n) is 3.38. The molecule has 0 heterocycles. The normalized spacial score (nSPS) is 11.5. The zero-order valence-corrected chi connectivity index (χ0v) is 10.4. The second-order valence-corrected chi connectivity index (χ2v) is 5.53. The van der Waals surface area contributed by atoms with Gasteiger partial charge in [-0.1, -0.05) is 0 Å². The van der Waals surface area contributed by atoms with Gasteiger partial charge in [0.05, 0.1) is 16.9 Å². The van der Waals surface area contributed by atoms with E-state index in [1.165, 1.54) is 27.3 Å². The van der Waals surface area contributed by atoms with E-state index in [-0.39, 0.29) is 16.3 Å². The Balaban J connectivity index is 3.38. The van der Waals surface area contributed by atoms with E-state index in [4.69, 9.17) is 4.74 Å². The Morgan fingerprint density at radius 1 is 1.35 bits per heavy atom. The van der Waals surface area contributed by atoms with E-state index in [0.29, 0.717) is 0 Å². The maximum Gasteiger partial charge on any atom is 0.310 e. The van der Waals surface area contributed by atoms with E-state index in [1.54, 1.807) is 0 Å². The lowest BCUT2D eigenvalue weighted by Gasteiger charge is -2.12. The fourth-order valence-corrected chi connectivity index (χ4v) is 2.10. The van der Waals surface area contributed by atoms with Gasteiger partial charge in [-0.05, 0) is 6.07 Å². The van der Waals surface area contributed by atoms with Crippen LogP contribution in [0.1, 0.15) is 0 Å². The Kier molecular flexibility index (Phi) is 3.69. The van der Waals surface area contributed by atoms with Crippen molar-refractivity contribution in [1.29, 1.82) is 0 Å².